The zero-order valence-corrected chi connectivity index (χ0v) is 16.0. The minimum Gasteiger partial charge on any atom is -0.383 e. The van der Waals surface area contributed by atoms with E-state index in [0.29, 0.717) is 12.3 Å². The van der Waals surface area contributed by atoms with Gasteiger partial charge >= 0.3 is 0 Å². The summed E-state index contributed by atoms with van der Waals surface area (Å²) in [7, 11) is -2.33. The summed E-state index contributed by atoms with van der Waals surface area (Å²) in [6, 6.07) is 14.9. The Labute approximate surface area is 154 Å². The van der Waals surface area contributed by atoms with Crippen LogP contribution in [-0.2, 0) is 19.6 Å². The van der Waals surface area contributed by atoms with Gasteiger partial charge in [-0.15, -0.1) is 0 Å². The minimum absolute atomic E-state index is 0.137. The Bertz CT molecular complexity index is 820. The van der Waals surface area contributed by atoms with Crippen molar-refractivity contribution in [3.8, 4) is 0 Å². The topological polar surface area (TPSA) is 75.7 Å². The predicted molar refractivity (Wildman–Crippen MR) is 102 cm³/mol. The average molecular weight is 376 g/mol. The Morgan fingerprint density at radius 3 is 2.31 bits per heavy atom. The molecule has 6 nitrogen and oxygen atoms in total. The van der Waals surface area contributed by atoms with Gasteiger partial charge in [-0.1, -0.05) is 35.9 Å². The van der Waals surface area contributed by atoms with Gasteiger partial charge < -0.3 is 10.1 Å². The van der Waals surface area contributed by atoms with E-state index in [1.54, 1.807) is 44.4 Å². The van der Waals surface area contributed by atoms with Gasteiger partial charge in [-0.3, -0.25) is 9.10 Å². The van der Waals surface area contributed by atoms with E-state index in [0.717, 1.165) is 9.87 Å². The maximum atomic E-state index is 13.1. The SMILES string of the molecule is COC[C@@H](C)NC(=O)CN(c1ccc(C)cc1)S(=O)(=O)c1ccccc1. The number of hydrogen-bond donors (Lipinski definition) is 1. The Morgan fingerprint density at radius 1 is 1.12 bits per heavy atom. The van der Waals surface area contributed by atoms with E-state index >= 15 is 0 Å². The number of aryl methyl sites for hydroxylation is 1. The zero-order valence-electron chi connectivity index (χ0n) is 15.2. The summed E-state index contributed by atoms with van der Waals surface area (Å²) in [5.74, 6) is -0.394. The molecular formula is C19H24N2O4S. The molecule has 0 bridgehead atoms. The maximum absolute atomic E-state index is 13.1. The van der Waals surface area contributed by atoms with Crippen molar-refractivity contribution < 1.29 is 17.9 Å². The Kier molecular flexibility index (Phi) is 6.76. The largest absolute Gasteiger partial charge is 0.383 e. The van der Waals surface area contributed by atoms with Crippen molar-refractivity contribution in [2.24, 2.45) is 0 Å². The van der Waals surface area contributed by atoms with E-state index in [9.17, 15) is 13.2 Å². The molecule has 0 aliphatic carbocycles. The lowest BCUT2D eigenvalue weighted by Crippen LogP contribution is -2.44. The summed E-state index contributed by atoms with van der Waals surface area (Å²) in [6.45, 7) is 3.75. The van der Waals surface area contributed by atoms with Crippen LogP contribution in [0, 0.1) is 6.92 Å². The second-order valence-electron chi connectivity index (χ2n) is 6.08. The molecule has 0 unspecified atom stereocenters. The van der Waals surface area contributed by atoms with Crippen LogP contribution in [0.3, 0.4) is 0 Å². The van der Waals surface area contributed by atoms with Gasteiger partial charge in [-0.25, -0.2) is 8.42 Å². The minimum atomic E-state index is -3.87. The van der Waals surface area contributed by atoms with Crippen molar-refractivity contribution >= 4 is 21.6 Å². The molecule has 7 heteroatoms. The van der Waals surface area contributed by atoms with E-state index < -0.39 is 15.9 Å². The number of anilines is 1. The second kappa shape index (κ2) is 8.82. The van der Waals surface area contributed by atoms with E-state index in [4.69, 9.17) is 4.74 Å². The summed E-state index contributed by atoms with van der Waals surface area (Å²) in [5.41, 5.74) is 1.44. The highest BCUT2D eigenvalue weighted by molar-refractivity contribution is 7.92. The standard InChI is InChI=1S/C19H24N2O4S/c1-15-9-11-17(12-10-15)21(13-19(22)20-16(2)14-25-3)26(23,24)18-7-5-4-6-8-18/h4-12,16H,13-14H2,1-3H3,(H,20,22)/t16-/m1/s1. The molecule has 0 aliphatic rings. The first-order valence-electron chi connectivity index (χ1n) is 8.27. The summed E-state index contributed by atoms with van der Waals surface area (Å²) in [6.07, 6.45) is 0. The van der Waals surface area contributed by atoms with Gasteiger partial charge in [0.25, 0.3) is 10.0 Å². The van der Waals surface area contributed by atoms with Gasteiger partial charge in [-0.2, -0.15) is 0 Å². The van der Waals surface area contributed by atoms with E-state index in [2.05, 4.69) is 5.32 Å². The molecule has 0 aromatic heterocycles. The molecule has 140 valence electrons. The zero-order chi connectivity index (χ0) is 19.2. The van der Waals surface area contributed by atoms with Gasteiger partial charge in [0.05, 0.1) is 17.2 Å². The third-order valence-electron chi connectivity index (χ3n) is 3.76. The van der Waals surface area contributed by atoms with Gasteiger partial charge in [0, 0.05) is 13.2 Å². The van der Waals surface area contributed by atoms with Crippen molar-refractivity contribution in [1.29, 1.82) is 0 Å². The number of carbonyl (C=O) groups excluding carboxylic acids is 1. The lowest BCUT2D eigenvalue weighted by atomic mass is 10.2. The van der Waals surface area contributed by atoms with E-state index in [-0.39, 0.29) is 17.5 Å². The molecule has 0 radical (unpaired) electrons. The van der Waals surface area contributed by atoms with Crippen molar-refractivity contribution in [3.05, 3.63) is 60.2 Å². The molecule has 2 aromatic carbocycles. The number of methoxy groups -OCH3 is 1. The normalized spacial score (nSPS) is 12.4. The molecule has 26 heavy (non-hydrogen) atoms. The quantitative estimate of drug-likeness (QED) is 0.767. The number of rotatable bonds is 8. The summed E-state index contributed by atoms with van der Waals surface area (Å²) >= 11 is 0. The highest BCUT2D eigenvalue weighted by atomic mass is 32.2. The number of benzene rings is 2. The lowest BCUT2D eigenvalue weighted by molar-refractivity contribution is -0.120. The van der Waals surface area contributed by atoms with Crippen LogP contribution in [0.5, 0.6) is 0 Å². The monoisotopic (exact) mass is 376 g/mol. The molecule has 0 aliphatic heterocycles. The van der Waals surface area contributed by atoms with Crippen LogP contribution >= 0.6 is 0 Å². The van der Waals surface area contributed by atoms with Gasteiger partial charge in [0.1, 0.15) is 6.54 Å². The van der Waals surface area contributed by atoms with E-state index in [1.165, 1.54) is 12.1 Å². The lowest BCUT2D eigenvalue weighted by Gasteiger charge is -2.25. The highest BCUT2D eigenvalue weighted by Crippen LogP contribution is 2.23. The molecule has 1 atom stereocenters. The van der Waals surface area contributed by atoms with Crippen LogP contribution in [0.4, 0.5) is 5.69 Å². The molecule has 0 spiro atoms. The number of carbonyl (C=O) groups is 1. The number of amides is 1. The van der Waals surface area contributed by atoms with Crippen LogP contribution in [0.15, 0.2) is 59.5 Å². The smallest absolute Gasteiger partial charge is 0.264 e. The Hall–Kier alpha value is -2.38. The first-order valence-corrected chi connectivity index (χ1v) is 9.71. The fraction of sp³-hybridized carbons (Fsp3) is 0.316. The molecule has 0 saturated heterocycles. The fourth-order valence-corrected chi connectivity index (χ4v) is 3.93. The number of nitrogens with zero attached hydrogens (tertiary/aromatic N) is 1. The molecular weight excluding hydrogens is 352 g/mol. The van der Waals surface area contributed by atoms with Crippen molar-refractivity contribution in [2.75, 3.05) is 24.6 Å². The Balaban J connectivity index is 2.34. The van der Waals surface area contributed by atoms with Gasteiger partial charge in [0.2, 0.25) is 5.91 Å². The fourth-order valence-electron chi connectivity index (χ4n) is 2.49. The average Bonchev–Trinajstić information content (AvgIpc) is 2.61. The summed E-state index contributed by atoms with van der Waals surface area (Å²) in [5, 5.41) is 2.75. The van der Waals surface area contributed by atoms with Crippen LogP contribution in [0.25, 0.3) is 0 Å². The second-order valence-corrected chi connectivity index (χ2v) is 7.95. The first-order chi connectivity index (χ1) is 12.3. The number of nitrogens with one attached hydrogen (secondary N) is 1. The number of sulfonamides is 1. The third-order valence-corrected chi connectivity index (χ3v) is 5.55. The van der Waals surface area contributed by atoms with Crippen molar-refractivity contribution in [2.45, 2.75) is 24.8 Å². The van der Waals surface area contributed by atoms with Gasteiger partial charge in [-0.05, 0) is 38.1 Å². The van der Waals surface area contributed by atoms with Gasteiger partial charge in [0.15, 0.2) is 0 Å². The molecule has 1 amide bonds. The first kappa shape index (κ1) is 19.9. The number of ether oxygens (including phenoxy) is 1. The summed E-state index contributed by atoms with van der Waals surface area (Å²) in [4.78, 5) is 12.5. The van der Waals surface area contributed by atoms with Crippen LogP contribution in [0.1, 0.15) is 12.5 Å². The van der Waals surface area contributed by atoms with Crippen molar-refractivity contribution in [1.82, 2.24) is 5.32 Å². The predicted octanol–water partition coefficient (Wildman–Crippen LogP) is 2.34. The molecule has 0 heterocycles. The number of hydrogen-bond acceptors (Lipinski definition) is 4. The summed E-state index contributed by atoms with van der Waals surface area (Å²) < 4.78 is 32.3. The third kappa shape index (κ3) is 5.06. The highest BCUT2D eigenvalue weighted by Gasteiger charge is 2.27. The van der Waals surface area contributed by atoms with Crippen LogP contribution in [0.2, 0.25) is 0 Å². The molecule has 1 N–H and O–H groups in total. The van der Waals surface area contributed by atoms with Crippen LogP contribution < -0.4 is 9.62 Å². The molecule has 2 aromatic rings. The maximum Gasteiger partial charge on any atom is 0.264 e. The Morgan fingerprint density at radius 2 is 1.73 bits per heavy atom. The van der Waals surface area contributed by atoms with E-state index in [1.807, 2.05) is 19.1 Å². The molecule has 0 saturated carbocycles. The van der Waals surface area contributed by atoms with Crippen LogP contribution in [-0.4, -0.2) is 40.6 Å². The molecule has 2 rings (SSSR count). The van der Waals surface area contributed by atoms with Crippen molar-refractivity contribution in [3.63, 3.8) is 0 Å². The molecule has 0 fully saturated rings.